The molecule has 1 aromatic heterocycles. The molecule has 5 rings (SSSR count). The molecule has 28 heavy (non-hydrogen) atoms. The van der Waals surface area contributed by atoms with Crippen LogP contribution >= 0.6 is 0 Å². The molecule has 138 valence electrons. The predicted molar refractivity (Wildman–Crippen MR) is 113 cm³/mol. The van der Waals surface area contributed by atoms with Crippen molar-refractivity contribution in [3.05, 3.63) is 100 Å². The van der Waals surface area contributed by atoms with E-state index >= 15 is 0 Å². The van der Waals surface area contributed by atoms with Gasteiger partial charge in [-0.15, -0.1) is 0 Å². The zero-order valence-corrected chi connectivity index (χ0v) is 15.6. The largest absolute Gasteiger partial charge is 0.422 e. The summed E-state index contributed by atoms with van der Waals surface area (Å²) in [5.41, 5.74) is 5.32. The molecule has 0 saturated carbocycles. The normalized spacial score (nSPS) is 13.6. The Balaban J connectivity index is 1.76. The molecule has 0 radical (unpaired) electrons. The SMILES string of the molecule is Cc1cccc(N2CN(c3ccccc3)Cc3c2c2ccccc2oc3=O)c1. The lowest BCUT2D eigenvalue weighted by atomic mass is 10.0. The summed E-state index contributed by atoms with van der Waals surface area (Å²) in [5, 5.41) is 0.964. The predicted octanol–water partition coefficient (Wildman–Crippen LogP) is 5.22. The highest BCUT2D eigenvalue weighted by Gasteiger charge is 2.29. The minimum Gasteiger partial charge on any atom is -0.422 e. The average molecular weight is 368 g/mol. The van der Waals surface area contributed by atoms with Crippen LogP contribution in [-0.2, 0) is 6.54 Å². The maximum atomic E-state index is 12.9. The van der Waals surface area contributed by atoms with Gasteiger partial charge < -0.3 is 14.2 Å². The molecule has 0 unspecified atom stereocenters. The van der Waals surface area contributed by atoms with Crippen molar-refractivity contribution in [2.24, 2.45) is 0 Å². The Morgan fingerprint density at radius 1 is 0.857 bits per heavy atom. The van der Waals surface area contributed by atoms with Gasteiger partial charge in [-0.2, -0.15) is 0 Å². The Bertz CT molecular complexity index is 1210. The van der Waals surface area contributed by atoms with Crippen LogP contribution in [-0.4, -0.2) is 6.67 Å². The van der Waals surface area contributed by atoms with Crippen LogP contribution in [0.4, 0.5) is 17.1 Å². The van der Waals surface area contributed by atoms with Crippen LogP contribution in [0, 0.1) is 6.92 Å². The summed E-state index contributed by atoms with van der Waals surface area (Å²) in [6, 6.07) is 26.3. The molecule has 1 aliphatic rings. The van der Waals surface area contributed by atoms with Crippen LogP contribution in [0.1, 0.15) is 11.1 Å². The van der Waals surface area contributed by atoms with Gasteiger partial charge in [0, 0.05) is 16.8 Å². The molecular weight excluding hydrogens is 348 g/mol. The summed E-state index contributed by atoms with van der Waals surface area (Å²) < 4.78 is 5.64. The number of fused-ring (bicyclic) bond motifs is 3. The highest BCUT2D eigenvalue weighted by molar-refractivity contribution is 5.95. The fraction of sp³-hybridized carbons (Fsp3) is 0.125. The fourth-order valence-electron chi connectivity index (χ4n) is 3.92. The lowest BCUT2D eigenvalue weighted by Gasteiger charge is -2.39. The van der Waals surface area contributed by atoms with Crippen molar-refractivity contribution >= 4 is 28.0 Å². The van der Waals surface area contributed by atoms with Gasteiger partial charge in [0.25, 0.3) is 0 Å². The van der Waals surface area contributed by atoms with Crippen molar-refractivity contribution < 1.29 is 4.42 Å². The van der Waals surface area contributed by atoms with E-state index in [9.17, 15) is 4.79 Å². The van der Waals surface area contributed by atoms with E-state index in [1.54, 1.807) is 0 Å². The first kappa shape index (κ1) is 16.6. The van der Waals surface area contributed by atoms with Gasteiger partial charge >= 0.3 is 5.63 Å². The number of aryl methyl sites for hydroxylation is 1. The van der Waals surface area contributed by atoms with Crippen LogP contribution in [0.2, 0.25) is 0 Å². The molecule has 0 fully saturated rings. The zero-order valence-electron chi connectivity index (χ0n) is 15.6. The smallest absolute Gasteiger partial charge is 0.343 e. The molecule has 0 aliphatic carbocycles. The Morgan fingerprint density at radius 3 is 2.43 bits per heavy atom. The van der Waals surface area contributed by atoms with E-state index in [-0.39, 0.29) is 5.63 Å². The van der Waals surface area contributed by atoms with E-state index in [1.165, 1.54) is 5.56 Å². The number of para-hydroxylation sites is 2. The number of rotatable bonds is 2. The molecule has 4 nitrogen and oxygen atoms in total. The average Bonchev–Trinajstić information content (AvgIpc) is 2.74. The van der Waals surface area contributed by atoms with Crippen LogP contribution in [0.15, 0.2) is 88.1 Å². The molecule has 3 aromatic carbocycles. The van der Waals surface area contributed by atoms with Crippen molar-refractivity contribution in [1.82, 2.24) is 0 Å². The quantitative estimate of drug-likeness (QED) is 0.455. The Morgan fingerprint density at radius 2 is 1.61 bits per heavy atom. The molecular formula is C24H20N2O2. The van der Waals surface area contributed by atoms with Gasteiger partial charge in [-0.25, -0.2) is 4.79 Å². The summed E-state index contributed by atoms with van der Waals surface area (Å²) in [5.74, 6) is 0. The molecule has 4 heteroatoms. The van der Waals surface area contributed by atoms with Crippen molar-refractivity contribution in [3.63, 3.8) is 0 Å². The van der Waals surface area contributed by atoms with Gasteiger partial charge in [-0.3, -0.25) is 0 Å². The number of nitrogens with zero attached hydrogens (tertiary/aromatic N) is 2. The second kappa shape index (κ2) is 6.57. The number of anilines is 3. The number of hydrogen-bond donors (Lipinski definition) is 0. The highest BCUT2D eigenvalue weighted by atomic mass is 16.4. The Kier molecular flexibility index (Phi) is 3.90. The molecule has 2 heterocycles. The van der Waals surface area contributed by atoms with E-state index in [2.05, 4.69) is 53.1 Å². The lowest BCUT2D eigenvalue weighted by Crippen LogP contribution is -2.42. The first-order chi connectivity index (χ1) is 13.7. The maximum Gasteiger partial charge on any atom is 0.343 e. The molecule has 0 atom stereocenters. The van der Waals surface area contributed by atoms with Gasteiger partial charge in [0.15, 0.2) is 0 Å². The molecule has 0 bridgehead atoms. The van der Waals surface area contributed by atoms with Crippen molar-refractivity contribution in [3.8, 4) is 0 Å². The standard InChI is InChI=1S/C24H20N2O2/c1-17-8-7-11-19(14-17)26-16-25(18-9-3-2-4-10-18)15-21-23(26)20-12-5-6-13-22(20)28-24(21)27/h2-14H,15-16H2,1H3. The van der Waals surface area contributed by atoms with Crippen molar-refractivity contribution in [2.45, 2.75) is 13.5 Å². The number of hydrogen-bond acceptors (Lipinski definition) is 4. The van der Waals surface area contributed by atoms with Crippen LogP contribution in [0.3, 0.4) is 0 Å². The molecule has 0 N–H and O–H groups in total. The maximum absolute atomic E-state index is 12.9. The lowest BCUT2D eigenvalue weighted by molar-refractivity contribution is 0.543. The Hall–Kier alpha value is -3.53. The second-order valence-electron chi connectivity index (χ2n) is 7.15. The van der Waals surface area contributed by atoms with E-state index in [1.807, 2.05) is 42.5 Å². The molecule has 4 aromatic rings. The van der Waals surface area contributed by atoms with E-state index in [0.29, 0.717) is 24.4 Å². The summed E-state index contributed by atoms with van der Waals surface area (Å²) in [7, 11) is 0. The number of benzene rings is 3. The summed E-state index contributed by atoms with van der Waals surface area (Å²) in [6.45, 7) is 3.27. The third-order valence-electron chi connectivity index (χ3n) is 5.24. The minimum atomic E-state index is -0.271. The Labute approximate surface area is 163 Å². The fourth-order valence-corrected chi connectivity index (χ4v) is 3.92. The molecule has 0 saturated heterocycles. The van der Waals surface area contributed by atoms with Crippen LogP contribution in [0.5, 0.6) is 0 Å². The summed E-state index contributed by atoms with van der Waals surface area (Å²) >= 11 is 0. The topological polar surface area (TPSA) is 36.7 Å². The van der Waals surface area contributed by atoms with Crippen molar-refractivity contribution in [1.29, 1.82) is 0 Å². The zero-order chi connectivity index (χ0) is 19.1. The van der Waals surface area contributed by atoms with Gasteiger partial charge in [-0.1, -0.05) is 42.5 Å². The highest BCUT2D eigenvalue weighted by Crippen LogP contribution is 2.39. The summed E-state index contributed by atoms with van der Waals surface area (Å²) in [6.07, 6.45) is 0. The van der Waals surface area contributed by atoms with Gasteiger partial charge in [0.1, 0.15) is 5.58 Å². The third-order valence-corrected chi connectivity index (χ3v) is 5.24. The first-order valence-electron chi connectivity index (χ1n) is 9.39. The molecule has 0 amide bonds. The monoisotopic (exact) mass is 368 g/mol. The van der Waals surface area contributed by atoms with E-state index in [4.69, 9.17) is 4.42 Å². The first-order valence-corrected chi connectivity index (χ1v) is 9.39. The summed E-state index contributed by atoms with van der Waals surface area (Å²) in [4.78, 5) is 17.3. The van der Waals surface area contributed by atoms with Crippen LogP contribution < -0.4 is 15.4 Å². The van der Waals surface area contributed by atoms with E-state index in [0.717, 1.165) is 22.4 Å². The van der Waals surface area contributed by atoms with Crippen LogP contribution in [0.25, 0.3) is 11.0 Å². The van der Waals surface area contributed by atoms with Gasteiger partial charge in [0.05, 0.1) is 24.5 Å². The molecule has 1 aliphatic heterocycles. The molecule has 0 spiro atoms. The second-order valence-corrected chi connectivity index (χ2v) is 7.15. The van der Waals surface area contributed by atoms with E-state index < -0.39 is 0 Å². The van der Waals surface area contributed by atoms with Gasteiger partial charge in [-0.05, 0) is 48.9 Å². The van der Waals surface area contributed by atoms with Gasteiger partial charge in [0.2, 0.25) is 0 Å². The third kappa shape index (κ3) is 2.74. The minimum absolute atomic E-state index is 0.271. The van der Waals surface area contributed by atoms with Crippen molar-refractivity contribution in [2.75, 3.05) is 16.5 Å².